The average Bonchev–Trinajstić information content (AvgIpc) is 2.27. The van der Waals surface area contributed by atoms with E-state index in [0.717, 1.165) is 30.8 Å². The molecular weight excluding hydrogens is 188 g/mol. The average molecular weight is 206 g/mol. The molecule has 0 fully saturated rings. The van der Waals surface area contributed by atoms with E-state index in [2.05, 4.69) is 6.92 Å². The van der Waals surface area contributed by atoms with Crippen molar-refractivity contribution in [3.8, 4) is 5.75 Å². The van der Waals surface area contributed by atoms with Gasteiger partial charge in [-0.3, -0.25) is 0 Å². The molecule has 82 valence electrons. The van der Waals surface area contributed by atoms with Crippen molar-refractivity contribution < 1.29 is 9.47 Å². The molecule has 0 bridgehead atoms. The Kier molecular flexibility index (Phi) is 5.38. The molecule has 0 aliphatic heterocycles. The molecule has 0 aliphatic carbocycles. The van der Waals surface area contributed by atoms with Crippen molar-refractivity contribution in [3.05, 3.63) is 36.1 Å². The Hall–Kier alpha value is -1.44. The highest BCUT2D eigenvalue weighted by atomic mass is 16.5. The highest BCUT2D eigenvalue weighted by Gasteiger charge is 1.93. The van der Waals surface area contributed by atoms with Gasteiger partial charge in [-0.2, -0.15) is 0 Å². The van der Waals surface area contributed by atoms with Gasteiger partial charge in [0.2, 0.25) is 0 Å². The first-order valence-electron chi connectivity index (χ1n) is 5.29. The molecule has 0 radical (unpaired) electrons. The predicted molar refractivity (Wildman–Crippen MR) is 62.9 cm³/mol. The van der Waals surface area contributed by atoms with Gasteiger partial charge in [0.15, 0.2) is 0 Å². The van der Waals surface area contributed by atoms with Gasteiger partial charge in [0, 0.05) is 0 Å². The van der Waals surface area contributed by atoms with Gasteiger partial charge >= 0.3 is 0 Å². The van der Waals surface area contributed by atoms with Gasteiger partial charge in [-0.15, -0.1) is 0 Å². The summed E-state index contributed by atoms with van der Waals surface area (Å²) in [4.78, 5) is 0. The molecule has 2 heteroatoms. The Bertz CT molecular complexity index is 305. The minimum absolute atomic E-state index is 0.786. The summed E-state index contributed by atoms with van der Waals surface area (Å²) in [5.74, 6) is 0.918. The topological polar surface area (TPSA) is 18.5 Å². The van der Waals surface area contributed by atoms with Gasteiger partial charge in [-0.25, -0.2) is 0 Å². The van der Waals surface area contributed by atoms with Crippen molar-refractivity contribution in [1.82, 2.24) is 0 Å². The summed E-state index contributed by atoms with van der Waals surface area (Å²) in [6, 6.07) is 7.98. The second-order valence-electron chi connectivity index (χ2n) is 3.31. The smallest absolute Gasteiger partial charge is 0.119 e. The second kappa shape index (κ2) is 6.93. The van der Waals surface area contributed by atoms with Crippen LogP contribution in [0.1, 0.15) is 25.3 Å². The van der Waals surface area contributed by atoms with Crippen LogP contribution in [0.2, 0.25) is 0 Å². The SMILES string of the molecule is CCCCOc1cccc(/C=C\OC)c1. The molecule has 0 N–H and O–H groups in total. The first-order chi connectivity index (χ1) is 7.36. The third kappa shape index (κ3) is 4.54. The summed E-state index contributed by atoms with van der Waals surface area (Å²) in [7, 11) is 1.64. The maximum absolute atomic E-state index is 5.59. The van der Waals surface area contributed by atoms with E-state index in [9.17, 15) is 0 Å². The van der Waals surface area contributed by atoms with Crippen LogP contribution in [0.15, 0.2) is 30.5 Å². The van der Waals surface area contributed by atoms with E-state index < -0.39 is 0 Å². The van der Waals surface area contributed by atoms with E-state index in [1.807, 2.05) is 30.3 Å². The lowest BCUT2D eigenvalue weighted by atomic mass is 10.2. The monoisotopic (exact) mass is 206 g/mol. The second-order valence-corrected chi connectivity index (χ2v) is 3.31. The van der Waals surface area contributed by atoms with Crippen molar-refractivity contribution in [2.24, 2.45) is 0 Å². The number of hydrogen-bond donors (Lipinski definition) is 0. The third-order valence-electron chi connectivity index (χ3n) is 2.02. The summed E-state index contributed by atoms with van der Waals surface area (Å²) in [6.07, 6.45) is 5.82. The molecule has 0 saturated carbocycles. The predicted octanol–water partition coefficient (Wildman–Crippen LogP) is 3.48. The molecule has 1 aromatic carbocycles. The Morgan fingerprint density at radius 3 is 2.93 bits per heavy atom. The van der Waals surface area contributed by atoms with Crippen LogP contribution < -0.4 is 4.74 Å². The largest absolute Gasteiger partial charge is 0.504 e. The van der Waals surface area contributed by atoms with Crippen LogP contribution in [0.3, 0.4) is 0 Å². The minimum Gasteiger partial charge on any atom is -0.504 e. The van der Waals surface area contributed by atoms with Crippen LogP contribution >= 0.6 is 0 Å². The molecule has 0 unspecified atom stereocenters. The van der Waals surface area contributed by atoms with E-state index in [0.29, 0.717) is 0 Å². The van der Waals surface area contributed by atoms with Gasteiger partial charge in [0.05, 0.1) is 20.0 Å². The zero-order valence-corrected chi connectivity index (χ0v) is 9.40. The Morgan fingerprint density at radius 1 is 1.33 bits per heavy atom. The zero-order valence-electron chi connectivity index (χ0n) is 9.40. The molecule has 0 aromatic heterocycles. The summed E-state index contributed by atoms with van der Waals surface area (Å²) < 4.78 is 10.5. The normalized spacial score (nSPS) is 10.5. The first-order valence-corrected chi connectivity index (χ1v) is 5.29. The van der Waals surface area contributed by atoms with Crippen molar-refractivity contribution in [2.45, 2.75) is 19.8 Å². The fourth-order valence-corrected chi connectivity index (χ4v) is 1.19. The van der Waals surface area contributed by atoms with E-state index in [-0.39, 0.29) is 0 Å². The van der Waals surface area contributed by atoms with Crippen molar-refractivity contribution in [3.63, 3.8) is 0 Å². The summed E-state index contributed by atoms with van der Waals surface area (Å²) in [5, 5.41) is 0. The van der Waals surface area contributed by atoms with Gasteiger partial charge in [0.1, 0.15) is 5.75 Å². The molecule has 0 aliphatic rings. The standard InChI is InChI=1S/C13H18O2/c1-3-4-9-15-13-7-5-6-12(11-13)8-10-14-2/h5-8,10-11H,3-4,9H2,1-2H3/b10-8-. The Labute approximate surface area is 91.5 Å². The van der Waals surface area contributed by atoms with Crippen LogP contribution in [0.4, 0.5) is 0 Å². The molecule has 2 nitrogen and oxygen atoms in total. The summed E-state index contributed by atoms with van der Waals surface area (Å²) in [5.41, 5.74) is 1.09. The Balaban J connectivity index is 2.53. The first kappa shape index (κ1) is 11.6. The lowest BCUT2D eigenvalue weighted by Crippen LogP contribution is -1.96. The highest BCUT2D eigenvalue weighted by molar-refractivity contribution is 5.50. The number of hydrogen-bond acceptors (Lipinski definition) is 2. The molecule has 0 amide bonds. The number of methoxy groups -OCH3 is 1. The van der Waals surface area contributed by atoms with Crippen LogP contribution in [0, 0.1) is 0 Å². The summed E-state index contributed by atoms with van der Waals surface area (Å²) >= 11 is 0. The summed E-state index contributed by atoms with van der Waals surface area (Å²) in [6.45, 7) is 2.94. The van der Waals surface area contributed by atoms with Crippen molar-refractivity contribution >= 4 is 6.08 Å². The molecule has 15 heavy (non-hydrogen) atoms. The van der Waals surface area contributed by atoms with Crippen molar-refractivity contribution in [2.75, 3.05) is 13.7 Å². The van der Waals surface area contributed by atoms with E-state index in [1.54, 1.807) is 13.4 Å². The number of ether oxygens (including phenoxy) is 2. The zero-order chi connectivity index (χ0) is 10.9. The molecule has 0 heterocycles. The highest BCUT2D eigenvalue weighted by Crippen LogP contribution is 2.14. The van der Waals surface area contributed by atoms with E-state index in [4.69, 9.17) is 9.47 Å². The molecule has 0 atom stereocenters. The lowest BCUT2D eigenvalue weighted by molar-refractivity contribution is 0.309. The fraction of sp³-hybridized carbons (Fsp3) is 0.385. The number of benzene rings is 1. The maximum Gasteiger partial charge on any atom is 0.119 e. The number of rotatable bonds is 6. The Morgan fingerprint density at radius 2 is 2.20 bits per heavy atom. The van der Waals surface area contributed by atoms with Crippen LogP contribution in [0.25, 0.3) is 6.08 Å². The molecule has 1 aromatic rings. The van der Waals surface area contributed by atoms with Gasteiger partial charge in [0.25, 0.3) is 0 Å². The van der Waals surface area contributed by atoms with Gasteiger partial charge in [-0.1, -0.05) is 25.5 Å². The number of unbranched alkanes of at least 4 members (excludes halogenated alkanes) is 1. The fourth-order valence-electron chi connectivity index (χ4n) is 1.19. The molecule has 1 rings (SSSR count). The van der Waals surface area contributed by atoms with Crippen LogP contribution in [0.5, 0.6) is 5.75 Å². The lowest BCUT2D eigenvalue weighted by Gasteiger charge is -2.05. The molecular formula is C13H18O2. The van der Waals surface area contributed by atoms with Gasteiger partial charge in [-0.05, 0) is 30.2 Å². The van der Waals surface area contributed by atoms with Gasteiger partial charge < -0.3 is 9.47 Å². The minimum atomic E-state index is 0.786. The van der Waals surface area contributed by atoms with E-state index >= 15 is 0 Å². The van der Waals surface area contributed by atoms with E-state index in [1.165, 1.54) is 0 Å². The molecule has 0 saturated heterocycles. The van der Waals surface area contributed by atoms with Crippen molar-refractivity contribution in [1.29, 1.82) is 0 Å². The van der Waals surface area contributed by atoms with Crippen LogP contribution in [-0.2, 0) is 4.74 Å². The third-order valence-corrected chi connectivity index (χ3v) is 2.02. The quantitative estimate of drug-likeness (QED) is 0.524. The molecule has 0 spiro atoms. The van der Waals surface area contributed by atoms with Crippen LogP contribution in [-0.4, -0.2) is 13.7 Å². The maximum atomic E-state index is 5.59.